The molecule has 0 fully saturated rings. The van der Waals surface area contributed by atoms with E-state index in [0.29, 0.717) is 11.5 Å². The minimum absolute atomic E-state index is 0.0385. The molecule has 1 unspecified atom stereocenters. The third-order valence-electron chi connectivity index (χ3n) is 3.75. The molecule has 2 heterocycles. The molecule has 1 aliphatic heterocycles. The van der Waals surface area contributed by atoms with Crippen LogP contribution in [-0.4, -0.2) is 23.5 Å². The van der Waals surface area contributed by atoms with Gasteiger partial charge in [0, 0.05) is 0 Å². The summed E-state index contributed by atoms with van der Waals surface area (Å²) in [5, 5.41) is 4.10. The number of benzene rings is 1. The van der Waals surface area contributed by atoms with Crippen molar-refractivity contribution in [2.75, 3.05) is 6.61 Å². The SMILES string of the molecule is CCCc1ncc(C(=O)NC2CCc3ccccc3OC2)s1. The van der Waals surface area contributed by atoms with Gasteiger partial charge >= 0.3 is 0 Å². The molecule has 1 aromatic heterocycles. The highest BCUT2D eigenvalue weighted by Gasteiger charge is 2.20. The number of aromatic nitrogens is 1. The molecule has 1 aliphatic rings. The molecule has 1 amide bonds. The van der Waals surface area contributed by atoms with Crippen molar-refractivity contribution in [2.24, 2.45) is 0 Å². The van der Waals surface area contributed by atoms with Gasteiger partial charge in [-0.15, -0.1) is 11.3 Å². The van der Waals surface area contributed by atoms with E-state index in [-0.39, 0.29) is 11.9 Å². The average Bonchev–Trinajstić information content (AvgIpc) is 2.90. The molecule has 0 saturated heterocycles. The number of fused-ring (bicyclic) bond motifs is 1. The zero-order valence-corrected chi connectivity index (χ0v) is 13.5. The topological polar surface area (TPSA) is 51.2 Å². The molecule has 1 N–H and O–H groups in total. The molecule has 1 aromatic carbocycles. The van der Waals surface area contributed by atoms with Crippen LogP contribution in [0.5, 0.6) is 5.75 Å². The number of hydrogen-bond acceptors (Lipinski definition) is 4. The Balaban J connectivity index is 1.60. The quantitative estimate of drug-likeness (QED) is 0.942. The van der Waals surface area contributed by atoms with Crippen LogP contribution < -0.4 is 10.1 Å². The van der Waals surface area contributed by atoms with E-state index in [2.05, 4.69) is 23.3 Å². The Kier molecular flexibility index (Phi) is 4.73. The molecule has 0 aliphatic carbocycles. The van der Waals surface area contributed by atoms with Crippen molar-refractivity contribution in [2.45, 2.75) is 38.6 Å². The number of nitrogens with one attached hydrogen (secondary N) is 1. The van der Waals surface area contributed by atoms with Gasteiger partial charge < -0.3 is 10.1 Å². The van der Waals surface area contributed by atoms with Gasteiger partial charge in [-0.05, 0) is 37.3 Å². The van der Waals surface area contributed by atoms with Crippen molar-refractivity contribution in [1.29, 1.82) is 0 Å². The van der Waals surface area contributed by atoms with Crippen LogP contribution in [0.2, 0.25) is 0 Å². The van der Waals surface area contributed by atoms with E-state index >= 15 is 0 Å². The Morgan fingerprint density at radius 3 is 3.18 bits per heavy atom. The van der Waals surface area contributed by atoms with Gasteiger partial charge in [-0.2, -0.15) is 0 Å². The average molecular weight is 316 g/mol. The second-order valence-corrected chi connectivity index (χ2v) is 6.61. The number of carbonyl (C=O) groups is 1. The minimum atomic E-state index is -0.0422. The number of rotatable bonds is 4. The molecule has 0 saturated carbocycles. The standard InChI is InChI=1S/C17H20N2O2S/c1-2-5-16-18-10-15(22-16)17(20)19-13-9-8-12-6-3-4-7-14(12)21-11-13/h3-4,6-7,10,13H,2,5,8-9,11H2,1H3,(H,19,20). The first kappa shape index (κ1) is 15.0. The summed E-state index contributed by atoms with van der Waals surface area (Å²) in [6, 6.07) is 8.11. The highest BCUT2D eigenvalue weighted by Crippen LogP contribution is 2.23. The Bertz CT molecular complexity index is 627. The van der Waals surface area contributed by atoms with Gasteiger partial charge in [0.1, 0.15) is 17.2 Å². The van der Waals surface area contributed by atoms with Crippen molar-refractivity contribution >= 4 is 17.2 Å². The Morgan fingerprint density at radius 2 is 2.32 bits per heavy atom. The fourth-order valence-electron chi connectivity index (χ4n) is 2.57. The lowest BCUT2D eigenvalue weighted by Crippen LogP contribution is -2.38. The number of nitrogens with zero attached hydrogens (tertiary/aromatic N) is 1. The summed E-state index contributed by atoms with van der Waals surface area (Å²) in [5.74, 6) is 0.890. The van der Waals surface area contributed by atoms with E-state index in [1.165, 1.54) is 16.9 Å². The molecule has 116 valence electrons. The number of aryl methyl sites for hydroxylation is 2. The Labute approximate surface area is 134 Å². The van der Waals surface area contributed by atoms with Crippen LogP contribution in [0.3, 0.4) is 0 Å². The number of carbonyl (C=O) groups excluding carboxylic acids is 1. The van der Waals surface area contributed by atoms with Crippen molar-refractivity contribution < 1.29 is 9.53 Å². The van der Waals surface area contributed by atoms with E-state index < -0.39 is 0 Å². The summed E-state index contributed by atoms with van der Waals surface area (Å²) in [5.41, 5.74) is 1.21. The predicted molar refractivity (Wildman–Crippen MR) is 87.6 cm³/mol. The first-order chi connectivity index (χ1) is 10.8. The normalized spacial score (nSPS) is 17.2. The van der Waals surface area contributed by atoms with Crippen LogP contribution >= 0.6 is 11.3 Å². The Hall–Kier alpha value is -1.88. The van der Waals surface area contributed by atoms with Gasteiger partial charge in [0.2, 0.25) is 0 Å². The second-order valence-electron chi connectivity index (χ2n) is 5.50. The van der Waals surface area contributed by atoms with E-state index in [4.69, 9.17) is 4.74 Å². The molecule has 3 rings (SSSR count). The molecular weight excluding hydrogens is 296 g/mol. The highest BCUT2D eigenvalue weighted by atomic mass is 32.1. The number of hydrogen-bond donors (Lipinski definition) is 1. The van der Waals surface area contributed by atoms with Gasteiger partial charge in [-0.25, -0.2) is 4.98 Å². The summed E-state index contributed by atoms with van der Waals surface area (Å²) < 4.78 is 5.81. The van der Waals surface area contributed by atoms with Crippen LogP contribution in [0.1, 0.15) is 40.0 Å². The second kappa shape index (κ2) is 6.92. The molecule has 1 atom stereocenters. The monoisotopic (exact) mass is 316 g/mol. The fourth-order valence-corrected chi connectivity index (χ4v) is 3.49. The van der Waals surface area contributed by atoms with E-state index in [1.54, 1.807) is 6.20 Å². The Morgan fingerprint density at radius 1 is 1.45 bits per heavy atom. The van der Waals surface area contributed by atoms with Crippen LogP contribution in [0, 0.1) is 0 Å². The smallest absolute Gasteiger partial charge is 0.263 e. The van der Waals surface area contributed by atoms with Crippen LogP contribution in [0.15, 0.2) is 30.5 Å². The maximum Gasteiger partial charge on any atom is 0.263 e. The summed E-state index contributed by atoms with van der Waals surface area (Å²) >= 11 is 1.48. The van der Waals surface area contributed by atoms with E-state index in [0.717, 1.165) is 36.4 Å². The van der Waals surface area contributed by atoms with Crippen molar-refractivity contribution in [3.8, 4) is 5.75 Å². The van der Waals surface area contributed by atoms with Gasteiger partial charge in [0.15, 0.2) is 0 Å². The summed E-state index contributed by atoms with van der Waals surface area (Å²) in [6.45, 7) is 2.63. The van der Waals surface area contributed by atoms with Gasteiger partial charge in [0.05, 0.1) is 17.2 Å². The molecule has 0 radical (unpaired) electrons. The maximum atomic E-state index is 12.3. The van der Waals surface area contributed by atoms with Crippen LogP contribution in [-0.2, 0) is 12.8 Å². The molecule has 4 nitrogen and oxygen atoms in total. The molecule has 2 aromatic rings. The summed E-state index contributed by atoms with van der Waals surface area (Å²) in [4.78, 5) is 17.3. The van der Waals surface area contributed by atoms with Crippen LogP contribution in [0.25, 0.3) is 0 Å². The number of ether oxygens (including phenoxy) is 1. The zero-order valence-electron chi connectivity index (χ0n) is 12.7. The predicted octanol–water partition coefficient (Wildman–Crippen LogP) is 3.22. The number of para-hydroxylation sites is 1. The summed E-state index contributed by atoms with van der Waals surface area (Å²) in [6.07, 6.45) is 5.47. The molecule has 0 bridgehead atoms. The van der Waals surface area contributed by atoms with Gasteiger partial charge in [-0.3, -0.25) is 4.79 Å². The van der Waals surface area contributed by atoms with Crippen molar-refractivity contribution in [3.05, 3.63) is 45.9 Å². The first-order valence-electron chi connectivity index (χ1n) is 7.72. The lowest BCUT2D eigenvalue weighted by molar-refractivity contribution is 0.0925. The summed E-state index contributed by atoms with van der Waals surface area (Å²) in [7, 11) is 0. The fraction of sp³-hybridized carbons (Fsp3) is 0.412. The third kappa shape index (κ3) is 3.47. The molecule has 5 heteroatoms. The zero-order chi connectivity index (χ0) is 15.4. The molecular formula is C17H20N2O2S. The maximum absolute atomic E-state index is 12.3. The minimum Gasteiger partial charge on any atom is -0.491 e. The first-order valence-corrected chi connectivity index (χ1v) is 8.54. The third-order valence-corrected chi connectivity index (χ3v) is 4.81. The lowest BCUT2D eigenvalue weighted by atomic mass is 10.1. The number of thiazole rings is 1. The van der Waals surface area contributed by atoms with E-state index in [9.17, 15) is 4.79 Å². The largest absolute Gasteiger partial charge is 0.491 e. The highest BCUT2D eigenvalue weighted by molar-refractivity contribution is 7.13. The molecule has 0 spiro atoms. The van der Waals surface area contributed by atoms with E-state index in [1.807, 2.05) is 18.2 Å². The van der Waals surface area contributed by atoms with Gasteiger partial charge in [0.25, 0.3) is 5.91 Å². The lowest BCUT2D eigenvalue weighted by Gasteiger charge is -2.15. The van der Waals surface area contributed by atoms with Crippen molar-refractivity contribution in [1.82, 2.24) is 10.3 Å². The molecule has 22 heavy (non-hydrogen) atoms. The van der Waals surface area contributed by atoms with Gasteiger partial charge in [-0.1, -0.05) is 25.1 Å². The van der Waals surface area contributed by atoms with Crippen LogP contribution in [0.4, 0.5) is 0 Å². The number of amides is 1. The van der Waals surface area contributed by atoms with Crippen molar-refractivity contribution in [3.63, 3.8) is 0 Å².